The Morgan fingerprint density at radius 1 is 1.56 bits per heavy atom. The van der Waals surface area contributed by atoms with E-state index in [9.17, 15) is 4.79 Å². The molecule has 1 amide bonds. The number of anilines is 1. The van der Waals surface area contributed by atoms with E-state index in [1.54, 1.807) is 17.1 Å². The Hall–Kier alpha value is -1.07. The fourth-order valence-electron chi connectivity index (χ4n) is 2.43. The lowest BCUT2D eigenvalue weighted by molar-refractivity contribution is -0.117. The van der Waals surface area contributed by atoms with Gasteiger partial charge in [0.15, 0.2) is 0 Å². The Kier molecular flexibility index (Phi) is 5.62. The first-order valence-electron chi connectivity index (χ1n) is 6.19. The lowest BCUT2D eigenvalue weighted by atomic mass is 9.83. The third kappa shape index (κ3) is 3.99. The quantitative estimate of drug-likeness (QED) is 0.879. The van der Waals surface area contributed by atoms with Crippen LogP contribution in [0.5, 0.6) is 0 Å². The Morgan fingerprint density at radius 3 is 2.89 bits per heavy atom. The molecule has 0 saturated heterocycles. The topological polar surface area (TPSA) is 72.9 Å². The van der Waals surface area contributed by atoms with E-state index in [-0.39, 0.29) is 24.4 Å². The number of hydrogen-bond donors (Lipinski definition) is 2. The fourth-order valence-corrected chi connectivity index (χ4v) is 2.43. The predicted molar refractivity (Wildman–Crippen MR) is 73.6 cm³/mol. The molecule has 1 aromatic heterocycles. The van der Waals surface area contributed by atoms with Crippen molar-refractivity contribution >= 4 is 24.0 Å². The molecule has 0 aromatic carbocycles. The van der Waals surface area contributed by atoms with Crippen LogP contribution < -0.4 is 11.1 Å². The van der Waals surface area contributed by atoms with E-state index >= 15 is 0 Å². The average Bonchev–Trinajstić information content (AvgIpc) is 2.67. The highest BCUT2D eigenvalue weighted by Crippen LogP contribution is 2.25. The molecule has 2 rings (SSSR count). The number of nitrogens with zero attached hydrogens (tertiary/aromatic N) is 2. The predicted octanol–water partition coefficient (Wildman–Crippen LogP) is 1.69. The number of halogens is 1. The molecule has 2 unspecified atom stereocenters. The smallest absolute Gasteiger partial charge is 0.224 e. The average molecular weight is 273 g/mol. The van der Waals surface area contributed by atoms with Crippen LogP contribution in [0.1, 0.15) is 32.1 Å². The maximum atomic E-state index is 11.8. The minimum absolute atomic E-state index is 0. The maximum absolute atomic E-state index is 11.8. The molecular weight excluding hydrogens is 252 g/mol. The van der Waals surface area contributed by atoms with Crippen molar-refractivity contribution in [1.29, 1.82) is 0 Å². The van der Waals surface area contributed by atoms with E-state index in [1.165, 1.54) is 12.8 Å². The van der Waals surface area contributed by atoms with Gasteiger partial charge in [-0.1, -0.05) is 12.8 Å². The van der Waals surface area contributed by atoms with Crippen LogP contribution in [0.2, 0.25) is 0 Å². The number of amides is 1. The summed E-state index contributed by atoms with van der Waals surface area (Å²) in [5, 5.41) is 6.86. The van der Waals surface area contributed by atoms with E-state index in [2.05, 4.69) is 10.4 Å². The van der Waals surface area contributed by atoms with Gasteiger partial charge in [-0.15, -0.1) is 12.4 Å². The SMILES string of the molecule is Cl.Cn1cc(NC(=O)CC2CCCCC2N)cn1. The summed E-state index contributed by atoms with van der Waals surface area (Å²) in [6, 6.07) is 0.184. The molecule has 5 nitrogen and oxygen atoms in total. The summed E-state index contributed by atoms with van der Waals surface area (Å²) < 4.78 is 1.67. The second-order valence-corrected chi connectivity index (χ2v) is 4.86. The molecule has 102 valence electrons. The molecule has 2 atom stereocenters. The summed E-state index contributed by atoms with van der Waals surface area (Å²) in [5.41, 5.74) is 6.78. The van der Waals surface area contributed by atoms with Gasteiger partial charge < -0.3 is 11.1 Å². The van der Waals surface area contributed by atoms with Crippen LogP contribution in [-0.4, -0.2) is 21.7 Å². The molecule has 1 saturated carbocycles. The van der Waals surface area contributed by atoms with Gasteiger partial charge in [-0.2, -0.15) is 5.10 Å². The van der Waals surface area contributed by atoms with Crippen molar-refractivity contribution in [2.75, 3.05) is 5.32 Å². The summed E-state index contributed by atoms with van der Waals surface area (Å²) in [6.07, 6.45) is 8.47. The molecule has 0 bridgehead atoms. The third-order valence-electron chi connectivity index (χ3n) is 3.40. The van der Waals surface area contributed by atoms with E-state index in [0.717, 1.165) is 18.5 Å². The minimum Gasteiger partial charge on any atom is -0.327 e. The number of nitrogens with two attached hydrogens (primary N) is 1. The first kappa shape index (κ1) is 15.0. The summed E-state index contributed by atoms with van der Waals surface area (Å²) in [6.45, 7) is 0. The maximum Gasteiger partial charge on any atom is 0.224 e. The monoisotopic (exact) mass is 272 g/mol. The molecule has 1 aromatic rings. The highest BCUT2D eigenvalue weighted by atomic mass is 35.5. The fraction of sp³-hybridized carbons (Fsp3) is 0.667. The molecule has 18 heavy (non-hydrogen) atoms. The molecule has 1 heterocycles. The lowest BCUT2D eigenvalue weighted by Gasteiger charge is -2.27. The largest absolute Gasteiger partial charge is 0.327 e. The van der Waals surface area contributed by atoms with E-state index in [1.807, 2.05) is 7.05 Å². The van der Waals surface area contributed by atoms with Crippen LogP contribution in [0.3, 0.4) is 0 Å². The number of aromatic nitrogens is 2. The highest BCUT2D eigenvalue weighted by Gasteiger charge is 2.24. The van der Waals surface area contributed by atoms with Gasteiger partial charge in [0.2, 0.25) is 5.91 Å². The Labute approximate surface area is 114 Å². The summed E-state index contributed by atoms with van der Waals surface area (Å²) in [7, 11) is 1.83. The van der Waals surface area contributed by atoms with E-state index in [4.69, 9.17) is 5.73 Å². The molecule has 1 fully saturated rings. The van der Waals surface area contributed by atoms with Crippen molar-refractivity contribution in [2.24, 2.45) is 18.7 Å². The molecule has 3 N–H and O–H groups in total. The van der Waals surface area contributed by atoms with Crippen LogP contribution >= 0.6 is 12.4 Å². The molecule has 1 aliphatic carbocycles. The zero-order valence-electron chi connectivity index (χ0n) is 10.6. The van der Waals surface area contributed by atoms with Crippen molar-refractivity contribution in [3.05, 3.63) is 12.4 Å². The molecule has 0 spiro atoms. The van der Waals surface area contributed by atoms with Gasteiger partial charge in [0.05, 0.1) is 11.9 Å². The number of carbonyl (C=O) groups is 1. The van der Waals surface area contributed by atoms with Crippen LogP contribution in [-0.2, 0) is 11.8 Å². The molecule has 1 aliphatic rings. The van der Waals surface area contributed by atoms with E-state index in [0.29, 0.717) is 12.3 Å². The van der Waals surface area contributed by atoms with Crippen molar-refractivity contribution in [3.8, 4) is 0 Å². The lowest BCUT2D eigenvalue weighted by Crippen LogP contribution is -2.35. The highest BCUT2D eigenvalue weighted by molar-refractivity contribution is 5.90. The van der Waals surface area contributed by atoms with Gasteiger partial charge in [0.25, 0.3) is 0 Å². The standard InChI is InChI=1S/C12H20N4O.ClH/c1-16-8-10(7-14-16)15-12(17)6-9-4-2-3-5-11(9)13;/h7-9,11H,2-6,13H2,1H3,(H,15,17);1H. The second kappa shape index (κ2) is 6.75. The van der Waals surface area contributed by atoms with Crippen LogP contribution in [0.4, 0.5) is 5.69 Å². The summed E-state index contributed by atoms with van der Waals surface area (Å²) >= 11 is 0. The zero-order chi connectivity index (χ0) is 12.3. The van der Waals surface area contributed by atoms with Gasteiger partial charge in [-0.05, 0) is 18.8 Å². The number of aryl methyl sites for hydroxylation is 1. The second-order valence-electron chi connectivity index (χ2n) is 4.86. The normalized spacial score (nSPS) is 23.2. The minimum atomic E-state index is 0. The third-order valence-corrected chi connectivity index (χ3v) is 3.40. The van der Waals surface area contributed by atoms with E-state index < -0.39 is 0 Å². The van der Waals surface area contributed by atoms with Crippen LogP contribution in [0.15, 0.2) is 12.4 Å². The van der Waals surface area contributed by atoms with Crippen molar-refractivity contribution in [3.63, 3.8) is 0 Å². The first-order valence-corrected chi connectivity index (χ1v) is 6.19. The Bertz CT molecular complexity index is 393. The number of rotatable bonds is 3. The van der Waals surface area contributed by atoms with Crippen LogP contribution in [0.25, 0.3) is 0 Å². The van der Waals surface area contributed by atoms with Gasteiger partial charge in [-0.25, -0.2) is 0 Å². The molecule has 0 radical (unpaired) electrons. The number of nitrogens with one attached hydrogen (secondary N) is 1. The summed E-state index contributed by atoms with van der Waals surface area (Å²) in [5.74, 6) is 0.376. The van der Waals surface area contributed by atoms with Gasteiger partial charge in [-0.3, -0.25) is 9.48 Å². The van der Waals surface area contributed by atoms with Crippen molar-refractivity contribution in [2.45, 2.75) is 38.1 Å². The van der Waals surface area contributed by atoms with Crippen LogP contribution in [0, 0.1) is 5.92 Å². The number of carbonyl (C=O) groups excluding carboxylic acids is 1. The van der Waals surface area contributed by atoms with Gasteiger partial charge >= 0.3 is 0 Å². The Balaban J connectivity index is 0.00000162. The van der Waals surface area contributed by atoms with Gasteiger partial charge in [0, 0.05) is 25.7 Å². The molecule has 6 heteroatoms. The Morgan fingerprint density at radius 2 is 2.28 bits per heavy atom. The number of hydrogen-bond acceptors (Lipinski definition) is 3. The summed E-state index contributed by atoms with van der Waals surface area (Å²) in [4.78, 5) is 11.8. The van der Waals surface area contributed by atoms with Crippen molar-refractivity contribution in [1.82, 2.24) is 9.78 Å². The van der Waals surface area contributed by atoms with Gasteiger partial charge in [0.1, 0.15) is 0 Å². The first-order chi connectivity index (χ1) is 8.15. The molecular formula is C12H21ClN4O. The zero-order valence-corrected chi connectivity index (χ0v) is 11.4. The molecule has 0 aliphatic heterocycles. The van der Waals surface area contributed by atoms with Crippen molar-refractivity contribution < 1.29 is 4.79 Å².